The molecule has 1 N–H and O–H groups in total. The molecule has 2 amide bonds. The van der Waals surface area contributed by atoms with Crippen LogP contribution in [-0.2, 0) is 15.3 Å². The summed E-state index contributed by atoms with van der Waals surface area (Å²) in [7, 11) is 0. The first-order valence-corrected chi connectivity index (χ1v) is 11.2. The van der Waals surface area contributed by atoms with Gasteiger partial charge in [0.1, 0.15) is 11.9 Å². The Morgan fingerprint density at radius 1 is 1.44 bits per heavy atom. The first-order valence-electron chi connectivity index (χ1n) is 8.43. The van der Waals surface area contributed by atoms with Crippen molar-refractivity contribution in [3.63, 3.8) is 0 Å². The molecular formula is C17H17FN4O2S3. The summed E-state index contributed by atoms with van der Waals surface area (Å²) in [6.45, 7) is 2.01. The third kappa shape index (κ3) is 3.70. The van der Waals surface area contributed by atoms with Gasteiger partial charge in [-0.25, -0.2) is 4.39 Å². The fourth-order valence-electron chi connectivity index (χ4n) is 3.28. The number of aromatic nitrogens is 2. The highest BCUT2D eigenvalue weighted by molar-refractivity contribution is 8.01. The number of anilines is 1. The highest BCUT2D eigenvalue weighted by atomic mass is 32.2. The van der Waals surface area contributed by atoms with Crippen molar-refractivity contribution in [1.29, 1.82) is 0 Å². The first-order chi connectivity index (χ1) is 13.0. The van der Waals surface area contributed by atoms with Gasteiger partial charge in [-0.1, -0.05) is 41.3 Å². The fourth-order valence-corrected chi connectivity index (χ4v) is 6.45. The maximum absolute atomic E-state index is 13.7. The number of hydrogen-bond donors (Lipinski definition) is 1. The van der Waals surface area contributed by atoms with Crippen LogP contribution in [0.2, 0.25) is 0 Å². The minimum absolute atomic E-state index is 0.0287. The summed E-state index contributed by atoms with van der Waals surface area (Å²) in [4.78, 5) is 26.2. The van der Waals surface area contributed by atoms with Crippen LogP contribution >= 0.6 is 34.9 Å². The Balaban J connectivity index is 1.37. The Kier molecular flexibility index (Phi) is 5.13. The van der Waals surface area contributed by atoms with Crippen LogP contribution in [-0.4, -0.2) is 43.6 Å². The summed E-state index contributed by atoms with van der Waals surface area (Å²) in [5.41, 5.74) is 0.595. The van der Waals surface area contributed by atoms with Gasteiger partial charge in [-0.05, 0) is 25.0 Å². The van der Waals surface area contributed by atoms with Gasteiger partial charge in [0, 0.05) is 17.9 Å². The SMILES string of the molecule is C[C@@]12CCC(=O)N1[C@H](C(=O)Nc1nnc(SCc3ccccc3F)s1)CS2. The van der Waals surface area contributed by atoms with Crippen LogP contribution in [0.1, 0.15) is 25.3 Å². The van der Waals surface area contributed by atoms with Crippen molar-refractivity contribution >= 4 is 51.8 Å². The second kappa shape index (κ2) is 7.40. The normalized spacial score (nSPS) is 24.3. The van der Waals surface area contributed by atoms with Crippen LogP contribution in [0.15, 0.2) is 28.6 Å². The number of rotatable bonds is 5. The molecule has 10 heteroatoms. The van der Waals surface area contributed by atoms with Gasteiger partial charge in [-0.3, -0.25) is 14.9 Å². The Bertz CT molecular complexity index is 893. The van der Waals surface area contributed by atoms with E-state index in [1.807, 2.05) is 6.92 Å². The van der Waals surface area contributed by atoms with Gasteiger partial charge in [0.2, 0.25) is 16.9 Å². The van der Waals surface area contributed by atoms with Crippen molar-refractivity contribution in [2.24, 2.45) is 0 Å². The van der Waals surface area contributed by atoms with E-state index in [2.05, 4.69) is 15.5 Å². The Hall–Kier alpha value is -1.65. The smallest absolute Gasteiger partial charge is 0.249 e. The summed E-state index contributed by atoms with van der Waals surface area (Å²) in [5, 5.41) is 11.2. The molecule has 0 bridgehead atoms. The molecule has 2 aliphatic rings. The van der Waals surface area contributed by atoms with Crippen molar-refractivity contribution in [3.05, 3.63) is 35.6 Å². The first kappa shape index (κ1) is 18.7. The minimum atomic E-state index is -0.478. The third-order valence-corrected chi connectivity index (χ3v) is 8.22. The number of fused-ring (bicyclic) bond motifs is 1. The standard InChI is InChI=1S/C17H17FN4O2S3/c1-17-7-6-13(23)22(17)12(9-26-17)14(24)19-15-20-21-16(27-15)25-8-10-4-2-3-5-11(10)18/h2-5,12H,6-9H2,1H3,(H,19,20,24)/t12-,17+/m0/s1. The Morgan fingerprint density at radius 3 is 3.07 bits per heavy atom. The summed E-state index contributed by atoms with van der Waals surface area (Å²) >= 11 is 4.26. The number of carbonyl (C=O) groups excluding carboxylic acids is 2. The molecule has 0 spiro atoms. The average molecular weight is 425 g/mol. The number of nitrogens with one attached hydrogen (secondary N) is 1. The quantitative estimate of drug-likeness (QED) is 0.586. The molecule has 0 unspecified atom stereocenters. The van der Waals surface area contributed by atoms with Gasteiger partial charge in [0.05, 0.1) is 4.87 Å². The van der Waals surface area contributed by atoms with E-state index in [4.69, 9.17) is 0 Å². The van der Waals surface area contributed by atoms with Crippen LogP contribution in [0.25, 0.3) is 0 Å². The van der Waals surface area contributed by atoms with Crippen molar-refractivity contribution in [2.75, 3.05) is 11.1 Å². The predicted molar refractivity (Wildman–Crippen MR) is 105 cm³/mol. The van der Waals surface area contributed by atoms with E-state index in [-0.39, 0.29) is 22.5 Å². The molecule has 4 rings (SSSR count). The van der Waals surface area contributed by atoms with E-state index in [9.17, 15) is 14.0 Å². The molecule has 1 aromatic heterocycles. The van der Waals surface area contributed by atoms with Crippen LogP contribution in [0.4, 0.5) is 9.52 Å². The topological polar surface area (TPSA) is 75.2 Å². The summed E-state index contributed by atoms with van der Waals surface area (Å²) in [6, 6.07) is 6.12. The number of amides is 2. The molecule has 2 aliphatic heterocycles. The van der Waals surface area contributed by atoms with E-state index < -0.39 is 6.04 Å². The number of nitrogens with zero attached hydrogens (tertiary/aromatic N) is 3. The molecule has 3 heterocycles. The highest BCUT2D eigenvalue weighted by Crippen LogP contribution is 2.47. The largest absolute Gasteiger partial charge is 0.315 e. The lowest BCUT2D eigenvalue weighted by atomic mass is 10.2. The van der Waals surface area contributed by atoms with Crippen LogP contribution < -0.4 is 5.32 Å². The lowest BCUT2D eigenvalue weighted by molar-refractivity contribution is -0.135. The zero-order valence-electron chi connectivity index (χ0n) is 14.5. The molecule has 2 saturated heterocycles. The lowest BCUT2D eigenvalue weighted by Crippen LogP contribution is -2.48. The molecule has 1 aromatic carbocycles. The number of halogens is 1. The molecule has 2 fully saturated rings. The average Bonchev–Trinajstić information content (AvgIpc) is 3.30. The van der Waals surface area contributed by atoms with Crippen molar-refractivity contribution < 1.29 is 14.0 Å². The maximum atomic E-state index is 13.7. The number of thioether (sulfide) groups is 2. The van der Waals surface area contributed by atoms with Gasteiger partial charge in [-0.2, -0.15) is 0 Å². The molecule has 2 atom stereocenters. The molecule has 0 aliphatic carbocycles. The number of carbonyl (C=O) groups is 2. The highest BCUT2D eigenvalue weighted by Gasteiger charge is 2.52. The Labute approximate surface area is 168 Å². The Morgan fingerprint density at radius 2 is 2.26 bits per heavy atom. The predicted octanol–water partition coefficient (Wildman–Crippen LogP) is 3.36. The minimum Gasteiger partial charge on any atom is -0.315 e. The van der Waals surface area contributed by atoms with Crippen LogP contribution in [0, 0.1) is 5.82 Å². The zero-order valence-corrected chi connectivity index (χ0v) is 16.9. The van der Waals surface area contributed by atoms with E-state index in [1.165, 1.54) is 29.2 Å². The van der Waals surface area contributed by atoms with Crippen molar-refractivity contribution in [3.8, 4) is 0 Å². The summed E-state index contributed by atoms with van der Waals surface area (Å²) < 4.78 is 14.3. The lowest BCUT2D eigenvalue weighted by Gasteiger charge is -2.29. The van der Waals surface area contributed by atoms with Gasteiger partial charge in [0.25, 0.3) is 0 Å². The molecule has 0 saturated carbocycles. The van der Waals surface area contributed by atoms with Gasteiger partial charge in [-0.15, -0.1) is 22.0 Å². The zero-order chi connectivity index (χ0) is 19.0. The van der Waals surface area contributed by atoms with Crippen molar-refractivity contribution in [2.45, 2.75) is 40.8 Å². The van der Waals surface area contributed by atoms with Crippen LogP contribution in [0.5, 0.6) is 0 Å². The van der Waals surface area contributed by atoms with Gasteiger partial charge >= 0.3 is 0 Å². The van der Waals surface area contributed by atoms with E-state index in [1.54, 1.807) is 34.9 Å². The molecule has 2 aromatic rings. The fraction of sp³-hybridized carbons (Fsp3) is 0.412. The summed E-state index contributed by atoms with van der Waals surface area (Å²) in [6.07, 6.45) is 1.26. The van der Waals surface area contributed by atoms with Gasteiger partial charge in [0.15, 0.2) is 4.34 Å². The van der Waals surface area contributed by atoms with Gasteiger partial charge < -0.3 is 4.90 Å². The molecule has 27 heavy (non-hydrogen) atoms. The van der Waals surface area contributed by atoms with E-state index in [0.29, 0.717) is 33.0 Å². The van der Waals surface area contributed by atoms with Crippen molar-refractivity contribution in [1.82, 2.24) is 15.1 Å². The molecule has 142 valence electrons. The third-order valence-electron chi connectivity index (χ3n) is 4.69. The molecule has 0 radical (unpaired) electrons. The van der Waals surface area contributed by atoms with Crippen LogP contribution in [0.3, 0.4) is 0 Å². The molecule has 6 nitrogen and oxygen atoms in total. The van der Waals surface area contributed by atoms with E-state index >= 15 is 0 Å². The second-order valence-electron chi connectivity index (χ2n) is 6.51. The number of benzene rings is 1. The second-order valence-corrected chi connectivity index (χ2v) is 10.2. The monoisotopic (exact) mass is 424 g/mol. The maximum Gasteiger partial charge on any atom is 0.249 e. The number of hydrogen-bond acceptors (Lipinski definition) is 7. The molecular weight excluding hydrogens is 407 g/mol. The van der Waals surface area contributed by atoms with E-state index in [0.717, 1.165) is 6.42 Å². The summed E-state index contributed by atoms with van der Waals surface area (Å²) in [5.74, 6) is 0.570.